The normalized spacial score (nSPS) is 21.6. The summed E-state index contributed by atoms with van der Waals surface area (Å²) in [6.45, 7) is 5.97. The third-order valence-corrected chi connectivity index (χ3v) is 5.66. The lowest BCUT2D eigenvalue weighted by atomic mass is 10.0. The minimum absolute atomic E-state index is 0. The van der Waals surface area contributed by atoms with Crippen LogP contribution in [0.15, 0.2) is 4.99 Å². The summed E-state index contributed by atoms with van der Waals surface area (Å²) < 4.78 is 22.7. The van der Waals surface area contributed by atoms with Crippen LogP contribution in [0.5, 0.6) is 0 Å². The molecule has 0 aliphatic carbocycles. The summed E-state index contributed by atoms with van der Waals surface area (Å²) in [5.41, 5.74) is 0. The number of hydrogen-bond donors (Lipinski definition) is 2. The molecule has 1 unspecified atom stereocenters. The lowest BCUT2D eigenvalue weighted by molar-refractivity contribution is 0.479. The second kappa shape index (κ2) is 9.81. The molecule has 2 N–H and O–H groups in total. The van der Waals surface area contributed by atoms with Crippen LogP contribution < -0.4 is 10.6 Å². The molecule has 120 valence electrons. The van der Waals surface area contributed by atoms with E-state index in [0.29, 0.717) is 24.0 Å². The van der Waals surface area contributed by atoms with Crippen LogP contribution in [0.1, 0.15) is 33.1 Å². The van der Waals surface area contributed by atoms with E-state index in [4.69, 9.17) is 0 Å². The Labute approximate surface area is 140 Å². The van der Waals surface area contributed by atoms with Crippen LogP contribution in [0.25, 0.3) is 0 Å². The predicted molar refractivity (Wildman–Crippen MR) is 95.6 cm³/mol. The van der Waals surface area contributed by atoms with Gasteiger partial charge in [-0.15, -0.1) is 24.0 Å². The largest absolute Gasteiger partial charge is 0.356 e. The first-order valence-corrected chi connectivity index (χ1v) is 8.97. The van der Waals surface area contributed by atoms with E-state index in [1.54, 1.807) is 7.05 Å². The standard InChI is InChI=1S/C13H27N3O2S.HI/c1-4-11(5-2)8-15-13(14-3)16-9-12-6-7-19(17,18)10-12;/h11-12H,4-10H2,1-3H3,(H2,14,15,16);1H. The Hall–Kier alpha value is -0.0500. The minimum Gasteiger partial charge on any atom is -0.356 e. The van der Waals surface area contributed by atoms with Gasteiger partial charge in [0.15, 0.2) is 15.8 Å². The molecule has 0 radical (unpaired) electrons. The molecule has 0 aromatic heterocycles. The third-order valence-electron chi connectivity index (χ3n) is 3.82. The number of hydrogen-bond acceptors (Lipinski definition) is 3. The van der Waals surface area contributed by atoms with Gasteiger partial charge >= 0.3 is 0 Å². The summed E-state index contributed by atoms with van der Waals surface area (Å²) in [5, 5.41) is 6.53. The minimum atomic E-state index is -2.78. The monoisotopic (exact) mass is 417 g/mol. The molecule has 1 heterocycles. The summed E-state index contributed by atoms with van der Waals surface area (Å²) in [7, 11) is -1.04. The number of halogens is 1. The van der Waals surface area contributed by atoms with Crippen LogP contribution in [0, 0.1) is 11.8 Å². The fraction of sp³-hybridized carbons (Fsp3) is 0.923. The Morgan fingerprint density at radius 3 is 2.40 bits per heavy atom. The smallest absolute Gasteiger partial charge is 0.190 e. The van der Waals surface area contributed by atoms with Gasteiger partial charge < -0.3 is 10.6 Å². The Balaban J connectivity index is 0.00000361. The summed E-state index contributed by atoms with van der Waals surface area (Å²) in [6.07, 6.45) is 3.07. The summed E-state index contributed by atoms with van der Waals surface area (Å²) in [4.78, 5) is 4.17. The highest BCUT2D eigenvalue weighted by Gasteiger charge is 2.27. The fourth-order valence-electron chi connectivity index (χ4n) is 2.31. The molecule has 5 nitrogen and oxygen atoms in total. The molecule has 0 aromatic carbocycles. The van der Waals surface area contributed by atoms with Gasteiger partial charge in [-0.05, 0) is 18.3 Å². The highest BCUT2D eigenvalue weighted by atomic mass is 127. The topological polar surface area (TPSA) is 70.6 Å². The first kappa shape index (κ1) is 19.9. The van der Waals surface area contributed by atoms with Crippen LogP contribution in [-0.4, -0.2) is 46.0 Å². The molecule has 1 fully saturated rings. The second-order valence-corrected chi connectivity index (χ2v) is 7.51. The van der Waals surface area contributed by atoms with Crippen molar-refractivity contribution in [1.29, 1.82) is 0 Å². The maximum absolute atomic E-state index is 11.4. The van der Waals surface area contributed by atoms with Crippen LogP contribution in [0.3, 0.4) is 0 Å². The Morgan fingerprint density at radius 2 is 1.95 bits per heavy atom. The molecule has 0 amide bonds. The number of aliphatic imine (C=N–C) groups is 1. The molecule has 1 rings (SSSR count). The van der Waals surface area contributed by atoms with Crippen molar-refractivity contribution in [2.75, 3.05) is 31.6 Å². The van der Waals surface area contributed by atoms with E-state index in [1.807, 2.05) is 0 Å². The number of nitrogens with one attached hydrogen (secondary N) is 2. The third kappa shape index (κ3) is 7.10. The van der Waals surface area contributed by atoms with Crippen LogP contribution in [0.2, 0.25) is 0 Å². The highest BCUT2D eigenvalue weighted by molar-refractivity contribution is 14.0. The van der Waals surface area contributed by atoms with Crippen molar-refractivity contribution in [2.45, 2.75) is 33.1 Å². The molecule has 0 saturated carbocycles. The second-order valence-electron chi connectivity index (χ2n) is 5.29. The SMILES string of the molecule is CCC(CC)CNC(=NC)NCC1CCS(=O)(=O)C1.I. The van der Waals surface area contributed by atoms with Crippen molar-refractivity contribution >= 4 is 39.8 Å². The van der Waals surface area contributed by atoms with Gasteiger partial charge in [0.2, 0.25) is 0 Å². The molecule has 1 aliphatic heterocycles. The maximum Gasteiger partial charge on any atom is 0.190 e. The number of rotatable bonds is 6. The van der Waals surface area contributed by atoms with Gasteiger partial charge in [0.1, 0.15) is 0 Å². The van der Waals surface area contributed by atoms with Crippen molar-refractivity contribution in [3.8, 4) is 0 Å². The summed E-state index contributed by atoms with van der Waals surface area (Å²) in [5.74, 6) is 2.29. The van der Waals surface area contributed by atoms with Crippen molar-refractivity contribution in [3.05, 3.63) is 0 Å². The lowest BCUT2D eigenvalue weighted by Crippen LogP contribution is -2.41. The lowest BCUT2D eigenvalue weighted by Gasteiger charge is -2.18. The number of guanidine groups is 1. The highest BCUT2D eigenvalue weighted by Crippen LogP contribution is 2.17. The zero-order chi connectivity index (χ0) is 14.3. The zero-order valence-electron chi connectivity index (χ0n) is 12.7. The number of sulfone groups is 1. The van der Waals surface area contributed by atoms with E-state index < -0.39 is 9.84 Å². The Morgan fingerprint density at radius 1 is 1.30 bits per heavy atom. The van der Waals surface area contributed by atoms with E-state index in [2.05, 4.69) is 29.5 Å². The molecule has 0 bridgehead atoms. The van der Waals surface area contributed by atoms with Crippen molar-refractivity contribution in [2.24, 2.45) is 16.8 Å². The van der Waals surface area contributed by atoms with E-state index in [-0.39, 0.29) is 29.9 Å². The Kier molecular flexibility index (Phi) is 9.78. The van der Waals surface area contributed by atoms with E-state index >= 15 is 0 Å². The van der Waals surface area contributed by atoms with Crippen LogP contribution in [-0.2, 0) is 9.84 Å². The van der Waals surface area contributed by atoms with Crippen molar-refractivity contribution in [1.82, 2.24) is 10.6 Å². The van der Waals surface area contributed by atoms with Gasteiger partial charge in [0.05, 0.1) is 11.5 Å². The van der Waals surface area contributed by atoms with Gasteiger partial charge in [-0.3, -0.25) is 4.99 Å². The quantitative estimate of drug-likeness (QED) is 0.392. The first-order valence-electron chi connectivity index (χ1n) is 7.15. The molecule has 0 aromatic rings. The molecule has 1 aliphatic rings. The molecule has 1 saturated heterocycles. The van der Waals surface area contributed by atoms with E-state index in [1.165, 1.54) is 0 Å². The molecular weight excluding hydrogens is 389 g/mol. The molecular formula is C13H28IN3O2S. The molecule has 1 atom stereocenters. The van der Waals surface area contributed by atoms with E-state index in [9.17, 15) is 8.42 Å². The maximum atomic E-state index is 11.4. The number of nitrogens with zero attached hydrogens (tertiary/aromatic N) is 1. The van der Waals surface area contributed by atoms with Crippen molar-refractivity contribution in [3.63, 3.8) is 0 Å². The van der Waals surface area contributed by atoms with Gasteiger partial charge in [-0.2, -0.15) is 0 Å². The zero-order valence-corrected chi connectivity index (χ0v) is 15.8. The van der Waals surface area contributed by atoms with E-state index in [0.717, 1.165) is 31.8 Å². The molecule has 7 heteroatoms. The van der Waals surface area contributed by atoms with Crippen LogP contribution >= 0.6 is 24.0 Å². The Bertz CT molecular complexity index is 394. The van der Waals surface area contributed by atoms with Gasteiger partial charge in [0.25, 0.3) is 0 Å². The van der Waals surface area contributed by atoms with Gasteiger partial charge in [-0.1, -0.05) is 26.7 Å². The fourth-order valence-corrected chi connectivity index (χ4v) is 4.17. The van der Waals surface area contributed by atoms with Gasteiger partial charge in [0, 0.05) is 20.1 Å². The molecule has 0 spiro atoms. The molecule has 20 heavy (non-hydrogen) atoms. The first-order chi connectivity index (χ1) is 9.00. The van der Waals surface area contributed by atoms with Gasteiger partial charge in [-0.25, -0.2) is 8.42 Å². The average molecular weight is 417 g/mol. The van der Waals surface area contributed by atoms with Crippen molar-refractivity contribution < 1.29 is 8.42 Å². The summed E-state index contributed by atoms with van der Waals surface area (Å²) >= 11 is 0. The predicted octanol–water partition coefficient (Wildman–Crippen LogP) is 1.64. The summed E-state index contributed by atoms with van der Waals surface area (Å²) in [6, 6.07) is 0. The van der Waals surface area contributed by atoms with Crippen LogP contribution in [0.4, 0.5) is 0 Å². The average Bonchev–Trinajstić information content (AvgIpc) is 2.73.